The standard InChI is InChI=1S/C12H18O/c1-12(2,3)9-10-6-5-7-11(8-10)13-4/h5-8H,9H2,1-4H3. The van der Waals surface area contributed by atoms with E-state index in [1.54, 1.807) is 7.11 Å². The summed E-state index contributed by atoms with van der Waals surface area (Å²) in [5.41, 5.74) is 1.68. The van der Waals surface area contributed by atoms with Crippen LogP contribution in [0.15, 0.2) is 24.3 Å². The van der Waals surface area contributed by atoms with Crippen LogP contribution in [0.5, 0.6) is 5.75 Å². The van der Waals surface area contributed by atoms with Gasteiger partial charge in [0, 0.05) is 0 Å². The second-order valence-electron chi connectivity index (χ2n) is 4.59. The van der Waals surface area contributed by atoms with Gasteiger partial charge in [-0.05, 0) is 29.5 Å². The van der Waals surface area contributed by atoms with Crippen LogP contribution in [-0.2, 0) is 6.42 Å². The Bertz CT molecular complexity index is 271. The molecule has 1 rings (SSSR count). The Hall–Kier alpha value is -0.980. The Morgan fingerprint density at radius 1 is 1.23 bits per heavy atom. The predicted octanol–water partition coefficient (Wildman–Crippen LogP) is 3.28. The van der Waals surface area contributed by atoms with Gasteiger partial charge in [0.2, 0.25) is 0 Å². The molecule has 72 valence electrons. The summed E-state index contributed by atoms with van der Waals surface area (Å²) < 4.78 is 5.17. The minimum Gasteiger partial charge on any atom is -0.497 e. The number of methoxy groups -OCH3 is 1. The van der Waals surface area contributed by atoms with Crippen LogP contribution in [0.25, 0.3) is 0 Å². The van der Waals surface area contributed by atoms with E-state index in [4.69, 9.17) is 4.74 Å². The van der Waals surface area contributed by atoms with Crippen LogP contribution in [-0.4, -0.2) is 7.11 Å². The zero-order valence-electron chi connectivity index (χ0n) is 8.92. The van der Waals surface area contributed by atoms with Gasteiger partial charge in [0.25, 0.3) is 0 Å². The van der Waals surface area contributed by atoms with Gasteiger partial charge in [0.05, 0.1) is 7.11 Å². The average molecular weight is 178 g/mol. The molecule has 0 amide bonds. The van der Waals surface area contributed by atoms with Crippen molar-refractivity contribution in [1.29, 1.82) is 0 Å². The maximum absolute atomic E-state index is 5.17. The third kappa shape index (κ3) is 3.49. The minimum absolute atomic E-state index is 0.340. The molecule has 0 aromatic heterocycles. The maximum atomic E-state index is 5.17. The van der Waals surface area contributed by atoms with Crippen LogP contribution in [0, 0.1) is 5.41 Å². The fraction of sp³-hybridized carbons (Fsp3) is 0.500. The highest BCUT2D eigenvalue weighted by Crippen LogP contribution is 2.22. The first-order valence-corrected chi connectivity index (χ1v) is 4.64. The van der Waals surface area contributed by atoms with E-state index >= 15 is 0 Å². The molecule has 1 aromatic carbocycles. The van der Waals surface area contributed by atoms with Crippen LogP contribution in [0.4, 0.5) is 0 Å². The Morgan fingerprint density at radius 2 is 1.92 bits per heavy atom. The molecule has 0 radical (unpaired) electrons. The first-order valence-electron chi connectivity index (χ1n) is 4.64. The minimum atomic E-state index is 0.340. The molecule has 1 heteroatoms. The van der Waals surface area contributed by atoms with Gasteiger partial charge >= 0.3 is 0 Å². The van der Waals surface area contributed by atoms with Crippen molar-refractivity contribution >= 4 is 0 Å². The smallest absolute Gasteiger partial charge is 0.119 e. The molecular formula is C12H18O. The van der Waals surface area contributed by atoms with E-state index in [0.29, 0.717) is 5.41 Å². The van der Waals surface area contributed by atoms with E-state index in [0.717, 1.165) is 12.2 Å². The molecule has 1 nitrogen and oxygen atoms in total. The first kappa shape index (κ1) is 10.1. The summed E-state index contributed by atoms with van der Waals surface area (Å²) in [6.07, 6.45) is 1.09. The summed E-state index contributed by atoms with van der Waals surface area (Å²) >= 11 is 0. The van der Waals surface area contributed by atoms with Crippen molar-refractivity contribution in [3.05, 3.63) is 29.8 Å². The summed E-state index contributed by atoms with van der Waals surface area (Å²) in [4.78, 5) is 0. The Kier molecular flexibility index (Phi) is 2.97. The molecule has 0 bridgehead atoms. The molecule has 0 saturated heterocycles. The molecule has 0 aliphatic rings. The first-order chi connectivity index (χ1) is 6.01. The van der Waals surface area contributed by atoms with E-state index in [9.17, 15) is 0 Å². The number of hydrogen-bond donors (Lipinski definition) is 0. The van der Waals surface area contributed by atoms with E-state index in [1.165, 1.54) is 5.56 Å². The Labute approximate surface area is 80.7 Å². The van der Waals surface area contributed by atoms with E-state index < -0.39 is 0 Å². The lowest BCUT2D eigenvalue weighted by molar-refractivity contribution is 0.402. The Morgan fingerprint density at radius 3 is 2.46 bits per heavy atom. The van der Waals surface area contributed by atoms with Gasteiger partial charge in [0.15, 0.2) is 0 Å². The van der Waals surface area contributed by atoms with Gasteiger partial charge in [-0.3, -0.25) is 0 Å². The highest BCUT2D eigenvalue weighted by molar-refractivity contribution is 5.28. The maximum Gasteiger partial charge on any atom is 0.119 e. The lowest BCUT2D eigenvalue weighted by Gasteiger charge is -2.18. The lowest BCUT2D eigenvalue weighted by Crippen LogP contribution is -2.08. The number of benzene rings is 1. The largest absolute Gasteiger partial charge is 0.497 e. The van der Waals surface area contributed by atoms with Crippen LogP contribution in [0.1, 0.15) is 26.3 Å². The number of ether oxygens (including phenoxy) is 1. The van der Waals surface area contributed by atoms with Crippen molar-refractivity contribution in [1.82, 2.24) is 0 Å². The van der Waals surface area contributed by atoms with Crippen molar-refractivity contribution in [3.63, 3.8) is 0 Å². The predicted molar refractivity (Wildman–Crippen MR) is 56.2 cm³/mol. The molecule has 1 aromatic rings. The third-order valence-corrected chi connectivity index (χ3v) is 1.87. The van der Waals surface area contributed by atoms with E-state index in [2.05, 4.69) is 32.9 Å². The second kappa shape index (κ2) is 3.82. The van der Waals surface area contributed by atoms with Crippen molar-refractivity contribution in [3.8, 4) is 5.75 Å². The molecule has 13 heavy (non-hydrogen) atoms. The fourth-order valence-corrected chi connectivity index (χ4v) is 1.39. The van der Waals surface area contributed by atoms with Gasteiger partial charge in [0.1, 0.15) is 5.75 Å². The fourth-order valence-electron chi connectivity index (χ4n) is 1.39. The second-order valence-corrected chi connectivity index (χ2v) is 4.59. The van der Waals surface area contributed by atoms with Gasteiger partial charge in [-0.25, -0.2) is 0 Å². The summed E-state index contributed by atoms with van der Waals surface area (Å²) in [6.45, 7) is 6.73. The van der Waals surface area contributed by atoms with Gasteiger partial charge in [-0.1, -0.05) is 32.9 Å². The Balaban J connectivity index is 2.78. The SMILES string of the molecule is COc1cccc(CC(C)(C)C)c1. The molecule has 0 atom stereocenters. The summed E-state index contributed by atoms with van der Waals surface area (Å²) in [5, 5.41) is 0. The molecule has 0 fully saturated rings. The molecular weight excluding hydrogens is 160 g/mol. The van der Waals surface area contributed by atoms with E-state index in [1.807, 2.05) is 12.1 Å². The van der Waals surface area contributed by atoms with Crippen molar-refractivity contribution in [2.24, 2.45) is 5.41 Å². The van der Waals surface area contributed by atoms with Crippen molar-refractivity contribution in [2.45, 2.75) is 27.2 Å². The zero-order valence-corrected chi connectivity index (χ0v) is 8.92. The summed E-state index contributed by atoms with van der Waals surface area (Å²) in [7, 11) is 1.70. The highest BCUT2D eigenvalue weighted by Gasteiger charge is 2.11. The normalized spacial score (nSPS) is 11.4. The molecule has 0 unspecified atom stereocenters. The summed E-state index contributed by atoms with van der Waals surface area (Å²) in [5.74, 6) is 0.946. The molecule has 0 N–H and O–H groups in total. The van der Waals surface area contributed by atoms with Crippen molar-refractivity contribution in [2.75, 3.05) is 7.11 Å². The molecule has 0 aliphatic carbocycles. The lowest BCUT2D eigenvalue weighted by atomic mass is 9.88. The zero-order chi connectivity index (χ0) is 9.90. The van der Waals surface area contributed by atoms with Crippen LogP contribution >= 0.6 is 0 Å². The highest BCUT2D eigenvalue weighted by atomic mass is 16.5. The van der Waals surface area contributed by atoms with Gasteiger partial charge in [-0.2, -0.15) is 0 Å². The molecule has 0 spiro atoms. The third-order valence-electron chi connectivity index (χ3n) is 1.87. The van der Waals surface area contributed by atoms with Gasteiger partial charge < -0.3 is 4.74 Å². The summed E-state index contributed by atoms with van der Waals surface area (Å²) in [6, 6.07) is 8.27. The molecule has 0 saturated carbocycles. The van der Waals surface area contributed by atoms with E-state index in [-0.39, 0.29) is 0 Å². The van der Waals surface area contributed by atoms with Gasteiger partial charge in [-0.15, -0.1) is 0 Å². The quantitative estimate of drug-likeness (QED) is 0.675. The monoisotopic (exact) mass is 178 g/mol. The van der Waals surface area contributed by atoms with Crippen molar-refractivity contribution < 1.29 is 4.74 Å². The number of hydrogen-bond acceptors (Lipinski definition) is 1. The molecule has 0 aliphatic heterocycles. The van der Waals surface area contributed by atoms with Crippen LogP contribution in [0.3, 0.4) is 0 Å². The number of rotatable bonds is 2. The topological polar surface area (TPSA) is 9.23 Å². The van der Waals surface area contributed by atoms with Crippen LogP contribution in [0.2, 0.25) is 0 Å². The van der Waals surface area contributed by atoms with Crippen LogP contribution < -0.4 is 4.74 Å². The average Bonchev–Trinajstić information content (AvgIpc) is 2.01. The molecule has 0 heterocycles.